The lowest BCUT2D eigenvalue weighted by atomic mass is 10.1. The second-order valence-electron chi connectivity index (χ2n) is 5.75. The molecule has 1 fully saturated rings. The molecular weight excluding hydrogens is 298 g/mol. The van der Waals surface area contributed by atoms with Crippen molar-refractivity contribution in [3.8, 4) is 5.75 Å². The fourth-order valence-electron chi connectivity index (χ4n) is 3.26. The molecule has 3 aliphatic heterocycles. The third-order valence-electron chi connectivity index (χ3n) is 4.49. The number of fused-ring (bicyclic) bond motifs is 2. The van der Waals surface area contributed by atoms with Gasteiger partial charge in [0.25, 0.3) is 5.91 Å². The lowest BCUT2D eigenvalue weighted by Crippen LogP contribution is -2.61. The highest BCUT2D eigenvalue weighted by atomic mass is 16.3. The van der Waals surface area contributed by atoms with Crippen LogP contribution >= 0.6 is 0 Å². The molecule has 3 aliphatic rings. The molecule has 3 heterocycles. The average Bonchev–Trinajstić information content (AvgIpc) is 3.10. The number of likely N-dealkylation sites (N-methyl/N-ethyl adjacent to an activating group) is 2. The van der Waals surface area contributed by atoms with E-state index in [0.29, 0.717) is 30.6 Å². The van der Waals surface area contributed by atoms with E-state index in [1.807, 2.05) is 15.5 Å². The first-order valence-electron chi connectivity index (χ1n) is 7.33. The van der Waals surface area contributed by atoms with Gasteiger partial charge in [-0.05, 0) is 12.1 Å². The zero-order valence-electron chi connectivity index (χ0n) is 12.8. The quantitative estimate of drug-likeness (QED) is 0.733. The van der Waals surface area contributed by atoms with Crippen LogP contribution < -0.4 is 4.90 Å². The zero-order valence-corrected chi connectivity index (χ0v) is 12.8. The maximum atomic E-state index is 12.5. The summed E-state index contributed by atoms with van der Waals surface area (Å²) in [6.45, 7) is 1.22. The van der Waals surface area contributed by atoms with Gasteiger partial charge in [-0.25, -0.2) is 14.3 Å². The second-order valence-corrected chi connectivity index (χ2v) is 5.75. The summed E-state index contributed by atoms with van der Waals surface area (Å²) in [4.78, 5) is 33.5. The van der Waals surface area contributed by atoms with E-state index in [0.717, 1.165) is 4.90 Å². The topological polar surface area (TPSA) is 79.5 Å². The Bertz CT molecular complexity index is 800. The molecule has 1 atom stereocenters. The van der Waals surface area contributed by atoms with Gasteiger partial charge >= 0.3 is 12.0 Å². The number of urea groups is 1. The van der Waals surface area contributed by atoms with E-state index in [1.165, 1.54) is 11.9 Å². The van der Waals surface area contributed by atoms with Crippen LogP contribution in [0.5, 0.6) is 5.75 Å². The van der Waals surface area contributed by atoms with Crippen molar-refractivity contribution in [2.24, 2.45) is 4.99 Å². The number of rotatable bonds is 1. The molecule has 0 bridgehead atoms. The minimum atomic E-state index is -0.575. The van der Waals surface area contributed by atoms with Crippen LogP contribution in [0.4, 0.5) is 10.5 Å². The summed E-state index contributed by atoms with van der Waals surface area (Å²) in [7, 11) is 3.09. The molecule has 1 aromatic rings. The number of phenolic OH excluding ortho intramolecular Hbond substituents is 1. The number of hydrogen-bond acceptors (Lipinski definition) is 5. The SMILES string of the molecule is CN1C(=O)C2C(=NC3=[N+]2CCN3c2ccccc2O)N(C)C1=O. The van der Waals surface area contributed by atoms with Gasteiger partial charge in [-0.3, -0.25) is 14.6 Å². The molecule has 4 rings (SSSR count). The molecule has 0 radical (unpaired) electrons. The van der Waals surface area contributed by atoms with Crippen LogP contribution in [0.1, 0.15) is 0 Å². The molecular formula is C15H16N5O3+. The van der Waals surface area contributed by atoms with Crippen molar-refractivity contribution in [2.45, 2.75) is 6.04 Å². The molecule has 0 aliphatic carbocycles. The fraction of sp³-hybridized carbons (Fsp3) is 0.333. The van der Waals surface area contributed by atoms with E-state index >= 15 is 0 Å². The van der Waals surface area contributed by atoms with Crippen molar-refractivity contribution in [3.05, 3.63) is 24.3 Å². The molecule has 1 unspecified atom stereocenters. The molecule has 0 aromatic heterocycles. The Labute approximate surface area is 132 Å². The van der Waals surface area contributed by atoms with E-state index in [9.17, 15) is 14.7 Å². The first kappa shape index (κ1) is 13.7. The first-order valence-corrected chi connectivity index (χ1v) is 7.33. The lowest BCUT2D eigenvalue weighted by Gasteiger charge is -2.31. The number of aromatic hydroxyl groups is 1. The second kappa shape index (κ2) is 4.55. The van der Waals surface area contributed by atoms with Crippen molar-refractivity contribution < 1.29 is 19.3 Å². The molecule has 8 nitrogen and oxygen atoms in total. The van der Waals surface area contributed by atoms with E-state index in [1.54, 1.807) is 25.2 Å². The fourth-order valence-corrected chi connectivity index (χ4v) is 3.26. The predicted molar refractivity (Wildman–Crippen MR) is 82.7 cm³/mol. The number of amides is 3. The van der Waals surface area contributed by atoms with E-state index < -0.39 is 6.04 Å². The van der Waals surface area contributed by atoms with Crippen LogP contribution in [-0.2, 0) is 4.79 Å². The summed E-state index contributed by atoms with van der Waals surface area (Å²) in [5, 5.41) is 10.1. The standard InChI is InChI=1S/C15H15N5O3/c1-17-12-11(13(22)18(2)15(17)23)20-8-7-19(14(20)16-12)9-5-3-4-6-10(9)21/h3-6,11H,7-8H2,1-2H3/p+1. The number of phenols is 1. The number of hydrogen-bond donors (Lipinski definition) is 1. The number of amidine groups is 1. The Hall–Kier alpha value is -2.90. The van der Waals surface area contributed by atoms with Crippen LogP contribution in [0.25, 0.3) is 0 Å². The number of para-hydroxylation sites is 2. The van der Waals surface area contributed by atoms with Gasteiger partial charge in [0.05, 0.1) is 6.54 Å². The van der Waals surface area contributed by atoms with Crippen LogP contribution in [0.15, 0.2) is 29.3 Å². The van der Waals surface area contributed by atoms with E-state index in [4.69, 9.17) is 0 Å². The van der Waals surface area contributed by atoms with Crippen molar-refractivity contribution in [1.29, 1.82) is 0 Å². The summed E-state index contributed by atoms with van der Waals surface area (Å²) >= 11 is 0. The average molecular weight is 314 g/mol. The number of guanidine groups is 1. The summed E-state index contributed by atoms with van der Waals surface area (Å²) < 4.78 is 1.88. The van der Waals surface area contributed by atoms with Crippen LogP contribution in [-0.4, -0.2) is 76.4 Å². The molecule has 23 heavy (non-hydrogen) atoms. The lowest BCUT2D eigenvalue weighted by molar-refractivity contribution is -0.525. The Morgan fingerprint density at radius 2 is 1.96 bits per heavy atom. The predicted octanol–water partition coefficient (Wildman–Crippen LogP) is -0.115. The third kappa shape index (κ3) is 1.71. The molecule has 3 amide bonds. The summed E-state index contributed by atoms with van der Waals surface area (Å²) in [6.07, 6.45) is 0. The molecule has 1 saturated heterocycles. The molecule has 0 saturated carbocycles. The smallest absolute Gasteiger partial charge is 0.397 e. The van der Waals surface area contributed by atoms with Gasteiger partial charge < -0.3 is 5.11 Å². The van der Waals surface area contributed by atoms with E-state index in [-0.39, 0.29) is 17.7 Å². The minimum absolute atomic E-state index is 0.157. The molecule has 1 N–H and O–H groups in total. The molecule has 1 aromatic carbocycles. The van der Waals surface area contributed by atoms with Crippen LogP contribution in [0, 0.1) is 0 Å². The Morgan fingerprint density at radius 1 is 1.22 bits per heavy atom. The summed E-state index contributed by atoms with van der Waals surface area (Å²) in [6, 6.07) is 6.04. The highest BCUT2D eigenvalue weighted by molar-refractivity contribution is 6.24. The number of carbonyl (C=O) groups is 2. The number of anilines is 1. The molecule has 118 valence electrons. The van der Waals surface area contributed by atoms with Crippen molar-refractivity contribution in [1.82, 2.24) is 9.80 Å². The van der Waals surface area contributed by atoms with Gasteiger partial charge in [-0.15, -0.1) is 0 Å². The largest absolute Gasteiger partial charge is 0.504 e. The van der Waals surface area contributed by atoms with Crippen molar-refractivity contribution >= 4 is 29.4 Å². The Balaban J connectivity index is 1.79. The van der Waals surface area contributed by atoms with Crippen LogP contribution in [0.3, 0.4) is 0 Å². The number of nitrogens with zero attached hydrogens (tertiary/aromatic N) is 5. The van der Waals surface area contributed by atoms with Gasteiger partial charge in [0, 0.05) is 14.1 Å². The number of carbonyl (C=O) groups excluding carboxylic acids is 2. The Kier molecular flexibility index (Phi) is 2.72. The van der Waals surface area contributed by atoms with Gasteiger partial charge in [0.1, 0.15) is 12.2 Å². The number of benzene rings is 1. The summed E-state index contributed by atoms with van der Waals surface area (Å²) in [5.41, 5.74) is 0.641. The minimum Gasteiger partial charge on any atom is -0.504 e. The summed E-state index contributed by atoms with van der Waals surface area (Å²) in [5.74, 6) is 0.911. The highest BCUT2D eigenvalue weighted by Crippen LogP contribution is 2.31. The van der Waals surface area contributed by atoms with Gasteiger partial charge in [0.15, 0.2) is 5.75 Å². The maximum absolute atomic E-state index is 12.5. The normalized spacial score (nSPS) is 23.5. The van der Waals surface area contributed by atoms with Crippen molar-refractivity contribution in [3.63, 3.8) is 0 Å². The van der Waals surface area contributed by atoms with Crippen LogP contribution in [0.2, 0.25) is 0 Å². The van der Waals surface area contributed by atoms with Crippen molar-refractivity contribution in [2.75, 3.05) is 32.1 Å². The maximum Gasteiger partial charge on any atom is 0.397 e. The number of imide groups is 1. The zero-order chi connectivity index (χ0) is 16.3. The van der Waals surface area contributed by atoms with E-state index in [2.05, 4.69) is 4.99 Å². The third-order valence-corrected chi connectivity index (χ3v) is 4.49. The Morgan fingerprint density at radius 3 is 2.70 bits per heavy atom. The van der Waals surface area contributed by atoms with Gasteiger partial charge in [-0.2, -0.15) is 0 Å². The monoisotopic (exact) mass is 314 g/mol. The highest BCUT2D eigenvalue weighted by Gasteiger charge is 2.54. The van der Waals surface area contributed by atoms with Gasteiger partial charge in [-0.1, -0.05) is 17.1 Å². The molecule has 0 spiro atoms. The number of aliphatic imine (C=N–C) groups is 1. The first-order chi connectivity index (χ1) is 11.0. The molecule has 8 heteroatoms. The van der Waals surface area contributed by atoms with Gasteiger partial charge in [0.2, 0.25) is 11.9 Å².